The topological polar surface area (TPSA) is 18.5 Å². The molecule has 0 unspecified atom stereocenters. The quantitative estimate of drug-likeness (QED) is 0.246. The van der Waals surface area contributed by atoms with Gasteiger partial charge in [-0.15, -0.1) is 19.8 Å². The molecule has 0 amide bonds. The van der Waals surface area contributed by atoms with Gasteiger partial charge in [0.05, 0.1) is 5.92 Å². The molecule has 0 saturated heterocycles. The molecule has 0 radical (unpaired) electrons. The first kappa shape index (κ1) is 28.1. The molecule has 0 spiro atoms. The summed E-state index contributed by atoms with van der Waals surface area (Å²) in [4.78, 5) is 0. The molecular weight excluding hydrogens is 506 g/mol. The molecule has 4 rings (SSSR count). The van der Waals surface area contributed by atoms with Gasteiger partial charge in [0.25, 0.3) is 0 Å². The van der Waals surface area contributed by atoms with E-state index in [2.05, 4.69) is 23.5 Å². The van der Waals surface area contributed by atoms with E-state index in [9.17, 15) is 26.3 Å². The lowest BCUT2D eigenvalue weighted by Gasteiger charge is -2.32. The van der Waals surface area contributed by atoms with Crippen molar-refractivity contribution < 1.29 is 35.8 Å². The van der Waals surface area contributed by atoms with Crippen molar-refractivity contribution in [1.82, 2.24) is 0 Å². The molecule has 0 aromatic heterocycles. The number of rotatable bonds is 8. The van der Waals surface area contributed by atoms with Crippen LogP contribution in [-0.2, 0) is 0 Å². The first-order valence-electron chi connectivity index (χ1n) is 13.1. The Morgan fingerprint density at radius 3 is 1.74 bits per heavy atom. The summed E-state index contributed by atoms with van der Waals surface area (Å²) in [5, 5.41) is 0. The molecule has 0 aliphatic heterocycles. The van der Waals surface area contributed by atoms with Crippen LogP contribution in [0.25, 0.3) is 11.1 Å². The number of alkyl halides is 5. The molecule has 2 aromatic rings. The smallest absolute Gasteiger partial charge is 0.432 e. The summed E-state index contributed by atoms with van der Waals surface area (Å²) in [5.74, 6) is -1.55. The Morgan fingerprint density at radius 2 is 1.21 bits per heavy atom. The molecule has 38 heavy (non-hydrogen) atoms. The Morgan fingerprint density at radius 1 is 0.684 bits per heavy atom. The largest absolute Gasteiger partial charge is 0.573 e. The van der Waals surface area contributed by atoms with Gasteiger partial charge < -0.3 is 9.47 Å². The summed E-state index contributed by atoms with van der Waals surface area (Å²) >= 11 is 0. The molecule has 2 aliphatic rings. The normalized spacial score (nSPS) is 24.8. The fraction of sp³-hybridized carbons (Fsp3) is 0.467. The fourth-order valence-corrected chi connectivity index (χ4v) is 5.38. The van der Waals surface area contributed by atoms with Gasteiger partial charge in [-0.3, -0.25) is 0 Å². The van der Waals surface area contributed by atoms with E-state index in [0.29, 0.717) is 49.0 Å². The minimum absolute atomic E-state index is 0.0339. The molecule has 2 nitrogen and oxygen atoms in total. The van der Waals surface area contributed by atoms with Crippen molar-refractivity contribution in [2.75, 3.05) is 0 Å². The van der Waals surface area contributed by atoms with Crippen molar-refractivity contribution in [2.24, 2.45) is 23.7 Å². The Bertz CT molecular complexity index is 1090. The van der Waals surface area contributed by atoms with E-state index in [1.165, 1.54) is 30.3 Å². The van der Waals surface area contributed by atoms with Gasteiger partial charge in [-0.25, -0.2) is 4.39 Å². The Labute approximate surface area is 219 Å². The van der Waals surface area contributed by atoms with Crippen LogP contribution in [0.2, 0.25) is 0 Å². The highest BCUT2D eigenvalue weighted by Gasteiger charge is 2.43. The zero-order valence-electron chi connectivity index (χ0n) is 21.0. The van der Waals surface area contributed by atoms with Gasteiger partial charge in [-0.05, 0) is 105 Å². The zero-order valence-corrected chi connectivity index (χ0v) is 21.0. The van der Waals surface area contributed by atoms with Crippen molar-refractivity contribution >= 4 is 0 Å². The van der Waals surface area contributed by atoms with Crippen molar-refractivity contribution in [3.63, 3.8) is 0 Å². The maximum atomic E-state index is 14.9. The first-order chi connectivity index (χ1) is 18.0. The predicted molar refractivity (Wildman–Crippen MR) is 134 cm³/mol. The number of allylic oxidation sites excluding steroid dienone is 3. The monoisotopic (exact) mass is 538 g/mol. The Hall–Kier alpha value is -2.90. The van der Waals surface area contributed by atoms with Gasteiger partial charge in [-0.1, -0.05) is 36.4 Å². The third-order valence-electron chi connectivity index (χ3n) is 7.65. The average molecular weight is 539 g/mol. The number of hydrogen-bond donors (Lipinski definition) is 0. The van der Waals surface area contributed by atoms with E-state index in [-0.39, 0.29) is 11.3 Å². The minimum atomic E-state index is -5.01. The highest BCUT2D eigenvalue weighted by molar-refractivity contribution is 5.65. The van der Waals surface area contributed by atoms with Crippen LogP contribution < -0.4 is 9.47 Å². The van der Waals surface area contributed by atoms with Crippen LogP contribution in [0.1, 0.15) is 51.4 Å². The predicted octanol–water partition coefficient (Wildman–Crippen LogP) is 9.72. The molecule has 206 valence electrons. The van der Waals surface area contributed by atoms with Gasteiger partial charge in [0.15, 0.2) is 11.6 Å². The van der Waals surface area contributed by atoms with E-state index in [1.807, 2.05) is 6.08 Å². The lowest BCUT2D eigenvalue weighted by Crippen LogP contribution is -2.37. The third kappa shape index (κ3) is 7.58. The number of ether oxygens (including phenoxy) is 2. The minimum Gasteiger partial charge on any atom is -0.432 e. The summed E-state index contributed by atoms with van der Waals surface area (Å²) in [5.41, 5.74) is 0.707. The molecular formula is C30H32F6O2. The van der Waals surface area contributed by atoms with Crippen molar-refractivity contribution in [3.05, 3.63) is 73.1 Å². The molecule has 8 heteroatoms. The Kier molecular flexibility index (Phi) is 8.78. The van der Waals surface area contributed by atoms with E-state index in [4.69, 9.17) is 4.74 Å². The SMILES string of the molecule is C=CC1CCC(/C=C/C2CCC(C(F)(F)Oc3ccc(-c4ccc(OC(F)(F)F)c(F)c4)cc3)CC2)CC1. The summed E-state index contributed by atoms with van der Waals surface area (Å²) < 4.78 is 89.6. The van der Waals surface area contributed by atoms with Crippen LogP contribution >= 0.6 is 0 Å². The van der Waals surface area contributed by atoms with Gasteiger partial charge in [-0.2, -0.15) is 8.78 Å². The first-order valence-corrected chi connectivity index (χ1v) is 13.1. The molecule has 2 fully saturated rings. The van der Waals surface area contributed by atoms with Crippen LogP contribution in [0.3, 0.4) is 0 Å². The zero-order chi connectivity index (χ0) is 27.3. The summed E-state index contributed by atoms with van der Waals surface area (Å²) in [6, 6.07) is 8.62. The van der Waals surface area contributed by atoms with Crippen molar-refractivity contribution in [2.45, 2.75) is 63.8 Å². The molecule has 0 bridgehead atoms. The third-order valence-corrected chi connectivity index (χ3v) is 7.65. The number of hydrogen-bond acceptors (Lipinski definition) is 2. The second-order valence-electron chi connectivity index (χ2n) is 10.3. The van der Waals surface area contributed by atoms with Gasteiger partial charge in [0, 0.05) is 0 Å². The summed E-state index contributed by atoms with van der Waals surface area (Å²) in [6.45, 7) is 3.88. The fourth-order valence-electron chi connectivity index (χ4n) is 5.38. The molecule has 0 N–H and O–H groups in total. The highest BCUT2D eigenvalue weighted by atomic mass is 19.4. The number of halogens is 6. The Balaban J connectivity index is 1.29. The molecule has 2 aromatic carbocycles. The van der Waals surface area contributed by atoms with Crippen LogP contribution in [-0.4, -0.2) is 12.5 Å². The van der Waals surface area contributed by atoms with Crippen molar-refractivity contribution in [3.8, 4) is 22.6 Å². The second kappa shape index (κ2) is 11.9. The summed E-state index contributed by atoms with van der Waals surface area (Å²) in [6.07, 6.45) is 4.96. The van der Waals surface area contributed by atoms with E-state index >= 15 is 0 Å². The maximum absolute atomic E-state index is 14.9. The van der Waals surface area contributed by atoms with Crippen LogP contribution in [0.4, 0.5) is 26.3 Å². The number of benzene rings is 2. The van der Waals surface area contributed by atoms with Crippen LogP contribution in [0, 0.1) is 29.5 Å². The maximum Gasteiger partial charge on any atom is 0.573 e. The molecule has 0 heterocycles. The lowest BCUT2D eigenvalue weighted by molar-refractivity contribution is -0.275. The second-order valence-corrected chi connectivity index (χ2v) is 10.3. The van der Waals surface area contributed by atoms with E-state index in [0.717, 1.165) is 37.8 Å². The molecule has 0 atom stereocenters. The average Bonchev–Trinajstić information content (AvgIpc) is 2.89. The van der Waals surface area contributed by atoms with E-state index < -0.39 is 30.0 Å². The van der Waals surface area contributed by atoms with Crippen molar-refractivity contribution in [1.29, 1.82) is 0 Å². The lowest BCUT2D eigenvalue weighted by atomic mass is 9.79. The van der Waals surface area contributed by atoms with E-state index in [1.54, 1.807) is 0 Å². The molecule has 2 aliphatic carbocycles. The van der Waals surface area contributed by atoms with Gasteiger partial charge >= 0.3 is 12.5 Å². The standard InChI is InChI=1S/C30H32F6O2/c1-2-20-3-5-21(6-4-20)7-8-22-9-14-25(15-10-22)29(32,33)37-26-16-11-23(12-17-26)24-13-18-28(27(31)19-24)38-30(34,35)36/h2,7-8,11-13,16-22,25H,1,3-6,9-10,14-15H2/b8-7+. The van der Waals surface area contributed by atoms with Crippen LogP contribution in [0.15, 0.2) is 67.3 Å². The van der Waals surface area contributed by atoms with Gasteiger partial charge in [0.2, 0.25) is 0 Å². The highest BCUT2D eigenvalue weighted by Crippen LogP contribution is 2.41. The van der Waals surface area contributed by atoms with Gasteiger partial charge in [0.1, 0.15) is 5.75 Å². The summed E-state index contributed by atoms with van der Waals surface area (Å²) in [7, 11) is 0. The molecule has 2 saturated carbocycles. The van der Waals surface area contributed by atoms with Crippen LogP contribution in [0.5, 0.6) is 11.5 Å².